The smallest absolute Gasteiger partial charge is 0.306 e. The highest BCUT2D eigenvalue weighted by molar-refractivity contribution is 7.89. The second-order valence-corrected chi connectivity index (χ2v) is 8.87. The topological polar surface area (TPSA) is 113 Å². The van der Waals surface area contributed by atoms with E-state index >= 15 is 0 Å². The fourth-order valence-corrected chi connectivity index (χ4v) is 4.52. The van der Waals surface area contributed by atoms with Crippen molar-refractivity contribution in [1.82, 2.24) is 10.0 Å². The molecule has 7 nitrogen and oxygen atoms in total. The summed E-state index contributed by atoms with van der Waals surface area (Å²) in [7, 11) is -3.45. The van der Waals surface area contributed by atoms with Crippen LogP contribution in [0.3, 0.4) is 0 Å². The normalized spacial score (nSPS) is 22.9. The summed E-state index contributed by atoms with van der Waals surface area (Å²) in [5.74, 6) is -1.26. The highest BCUT2D eigenvalue weighted by Crippen LogP contribution is 2.26. The van der Waals surface area contributed by atoms with Crippen LogP contribution in [0.5, 0.6) is 0 Å². The van der Waals surface area contributed by atoms with Crippen molar-refractivity contribution in [3.05, 3.63) is 29.8 Å². The Morgan fingerprint density at radius 3 is 2.27 bits per heavy atom. The summed E-state index contributed by atoms with van der Waals surface area (Å²) in [6.45, 7) is 0. The van der Waals surface area contributed by atoms with E-state index in [2.05, 4.69) is 10.0 Å². The van der Waals surface area contributed by atoms with E-state index in [4.69, 9.17) is 5.11 Å². The van der Waals surface area contributed by atoms with Gasteiger partial charge < -0.3 is 10.4 Å². The number of carboxylic acid groups (broad SMARTS) is 1. The van der Waals surface area contributed by atoms with E-state index in [-0.39, 0.29) is 28.8 Å². The number of hydrogen-bond acceptors (Lipinski definition) is 4. The first kappa shape index (κ1) is 18.8. The minimum absolute atomic E-state index is 0.0652. The maximum Gasteiger partial charge on any atom is 0.306 e. The predicted molar refractivity (Wildman–Crippen MR) is 95.0 cm³/mol. The number of carbonyl (C=O) groups is 2. The minimum Gasteiger partial charge on any atom is -0.481 e. The highest BCUT2D eigenvalue weighted by Gasteiger charge is 2.30. The second kappa shape index (κ2) is 7.75. The van der Waals surface area contributed by atoms with Gasteiger partial charge in [0.05, 0.1) is 10.8 Å². The lowest BCUT2D eigenvalue weighted by atomic mass is 10.1. The number of aliphatic carboxylic acids is 1. The van der Waals surface area contributed by atoms with Crippen molar-refractivity contribution in [2.24, 2.45) is 5.92 Å². The van der Waals surface area contributed by atoms with Gasteiger partial charge in [-0.15, -0.1) is 0 Å². The monoisotopic (exact) mass is 380 g/mol. The molecule has 2 saturated carbocycles. The number of sulfonamides is 1. The fourth-order valence-electron chi connectivity index (χ4n) is 3.22. The zero-order valence-electron chi connectivity index (χ0n) is 14.5. The third-order valence-electron chi connectivity index (χ3n) is 4.92. The first-order valence-electron chi connectivity index (χ1n) is 8.97. The molecule has 0 aliphatic heterocycles. The Kier molecular flexibility index (Phi) is 5.62. The van der Waals surface area contributed by atoms with E-state index in [1.807, 2.05) is 0 Å². The van der Waals surface area contributed by atoms with Crippen LogP contribution in [0, 0.1) is 5.92 Å². The third-order valence-corrected chi connectivity index (χ3v) is 6.46. The number of carboxylic acids is 1. The van der Waals surface area contributed by atoms with Gasteiger partial charge in [-0.05, 0) is 56.2 Å². The Labute approximate surface area is 153 Å². The van der Waals surface area contributed by atoms with Crippen LogP contribution in [-0.4, -0.2) is 37.5 Å². The lowest BCUT2D eigenvalue weighted by Crippen LogP contribution is -2.33. The second-order valence-electron chi connectivity index (χ2n) is 7.15. The van der Waals surface area contributed by atoms with Gasteiger partial charge >= 0.3 is 5.97 Å². The van der Waals surface area contributed by atoms with Crippen LogP contribution in [0.2, 0.25) is 0 Å². The van der Waals surface area contributed by atoms with Gasteiger partial charge in [-0.3, -0.25) is 9.59 Å². The summed E-state index contributed by atoms with van der Waals surface area (Å²) < 4.78 is 26.9. The van der Waals surface area contributed by atoms with Crippen molar-refractivity contribution in [2.75, 3.05) is 0 Å². The molecular weight excluding hydrogens is 356 g/mol. The van der Waals surface area contributed by atoms with E-state index in [0.29, 0.717) is 32.1 Å². The van der Waals surface area contributed by atoms with Crippen molar-refractivity contribution in [1.29, 1.82) is 0 Å². The molecule has 2 fully saturated rings. The van der Waals surface area contributed by atoms with Gasteiger partial charge in [-0.1, -0.05) is 12.1 Å². The molecule has 0 heterocycles. The number of rotatable bonds is 8. The summed E-state index contributed by atoms with van der Waals surface area (Å²) in [6, 6.07) is 6.58. The zero-order valence-corrected chi connectivity index (χ0v) is 15.3. The molecule has 142 valence electrons. The Hall–Kier alpha value is -1.93. The maximum absolute atomic E-state index is 12.1. The van der Waals surface area contributed by atoms with Crippen molar-refractivity contribution >= 4 is 21.9 Å². The number of carbonyl (C=O) groups excluding carboxylic acids is 1. The quantitative estimate of drug-likeness (QED) is 0.631. The SMILES string of the molecule is O=C(CCc1ccc(S(=O)(=O)NC2CC2)cc1)N[C@H]1CC[C@@H](C(=O)O)C1. The van der Waals surface area contributed by atoms with E-state index in [0.717, 1.165) is 18.4 Å². The van der Waals surface area contributed by atoms with Crippen molar-refractivity contribution in [3.8, 4) is 0 Å². The lowest BCUT2D eigenvalue weighted by molar-refractivity contribution is -0.141. The molecule has 0 radical (unpaired) electrons. The lowest BCUT2D eigenvalue weighted by Gasteiger charge is -2.12. The Balaban J connectivity index is 1.46. The first-order valence-corrected chi connectivity index (χ1v) is 10.5. The molecule has 2 aliphatic carbocycles. The molecule has 0 saturated heterocycles. The van der Waals surface area contributed by atoms with Gasteiger partial charge in [0.15, 0.2) is 0 Å². The summed E-state index contributed by atoms with van der Waals surface area (Å²) in [5, 5.41) is 11.9. The molecule has 2 atom stereocenters. The van der Waals surface area contributed by atoms with E-state index < -0.39 is 16.0 Å². The van der Waals surface area contributed by atoms with Gasteiger partial charge in [0.1, 0.15) is 0 Å². The highest BCUT2D eigenvalue weighted by atomic mass is 32.2. The van der Waals surface area contributed by atoms with E-state index in [1.165, 1.54) is 0 Å². The number of aryl methyl sites for hydroxylation is 1. The van der Waals surface area contributed by atoms with Crippen LogP contribution in [0.25, 0.3) is 0 Å². The molecule has 1 aromatic carbocycles. The van der Waals surface area contributed by atoms with Gasteiger partial charge in [-0.2, -0.15) is 0 Å². The Morgan fingerprint density at radius 2 is 1.69 bits per heavy atom. The molecule has 3 rings (SSSR count). The molecule has 1 aromatic rings. The summed E-state index contributed by atoms with van der Waals surface area (Å²) >= 11 is 0. The van der Waals surface area contributed by atoms with Crippen LogP contribution in [-0.2, 0) is 26.0 Å². The van der Waals surface area contributed by atoms with Crippen LogP contribution in [0.1, 0.15) is 44.1 Å². The van der Waals surface area contributed by atoms with Gasteiger partial charge in [0, 0.05) is 18.5 Å². The summed E-state index contributed by atoms with van der Waals surface area (Å²) in [4.78, 5) is 23.2. The number of amides is 1. The Morgan fingerprint density at radius 1 is 1.04 bits per heavy atom. The van der Waals surface area contributed by atoms with Crippen molar-refractivity contribution < 1.29 is 23.1 Å². The van der Waals surface area contributed by atoms with E-state index in [1.54, 1.807) is 24.3 Å². The molecule has 1 amide bonds. The molecule has 8 heteroatoms. The van der Waals surface area contributed by atoms with Crippen LogP contribution in [0.4, 0.5) is 0 Å². The average molecular weight is 380 g/mol. The summed E-state index contributed by atoms with van der Waals surface area (Å²) in [5.41, 5.74) is 0.889. The zero-order chi connectivity index (χ0) is 18.7. The molecule has 0 aromatic heterocycles. The summed E-state index contributed by atoms with van der Waals surface area (Å²) in [6.07, 6.45) is 4.37. The third kappa shape index (κ3) is 5.04. The van der Waals surface area contributed by atoms with Crippen molar-refractivity contribution in [3.63, 3.8) is 0 Å². The molecule has 3 N–H and O–H groups in total. The molecule has 0 unspecified atom stereocenters. The Bertz CT molecular complexity index is 771. The molecule has 26 heavy (non-hydrogen) atoms. The molecule has 0 bridgehead atoms. The van der Waals surface area contributed by atoms with Gasteiger partial charge in [0.2, 0.25) is 15.9 Å². The standard InChI is InChI=1S/C18H24N2O5S/c21-17(19-15-5-4-13(11-15)18(22)23)10-3-12-1-8-16(9-2-12)26(24,25)20-14-6-7-14/h1-2,8-9,13-15,20H,3-7,10-11H2,(H,19,21)(H,22,23)/t13-,15+/m1/s1. The first-order chi connectivity index (χ1) is 12.3. The van der Waals surface area contributed by atoms with Crippen LogP contribution < -0.4 is 10.0 Å². The van der Waals surface area contributed by atoms with Crippen LogP contribution in [0.15, 0.2) is 29.2 Å². The van der Waals surface area contributed by atoms with E-state index in [9.17, 15) is 18.0 Å². The number of nitrogens with one attached hydrogen (secondary N) is 2. The molecular formula is C18H24N2O5S. The molecule has 2 aliphatic rings. The van der Waals surface area contributed by atoms with Crippen LogP contribution >= 0.6 is 0 Å². The largest absolute Gasteiger partial charge is 0.481 e. The predicted octanol–water partition coefficient (Wildman–Crippen LogP) is 1.43. The maximum atomic E-state index is 12.1. The minimum atomic E-state index is -3.45. The fraction of sp³-hybridized carbons (Fsp3) is 0.556. The van der Waals surface area contributed by atoms with Gasteiger partial charge in [-0.25, -0.2) is 13.1 Å². The van der Waals surface area contributed by atoms with Crippen molar-refractivity contribution in [2.45, 2.75) is 61.9 Å². The van der Waals surface area contributed by atoms with Gasteiger partial charge in [0.25, 0.3) is 0 Å². The molecule has 0 spiro atoms. The number of hydrogen-bond donors (Lipinski definition) is 3. The number of benzene rings is 1. The average Bonchev–Trinajstić information content (AvgIpc) is 3.26.